The number of aromatic carboxylic acids is 1. The first kappa shape index (κ1) is 24.3. The van der Waals surface area contributed by atoms with Crippen molar-refractivity contribution in [2.45, 2.75) is 58.8 Å². The Balaban J connectivity index is 1.88. The third kappa shape index (κ3) is 6.80. The molecular formula is C22H26F2N2O7. The number of carboxylic acid groups (broad SMARTS) is 1. The molecule has 1 aromatic carbocycles. The number of alkyl carbamates (subject to hydrolysis) is 1. The number of carboxylic acids is 1. The molecule has 1 aromatic heterocycles. The highest BCUT2D eigenvalue weighted by molar-refractivity contribution is 5.87. The lowest BCUT2D eigenvalue weighted by atomic mass is 10.2. The van der Waals surface area contributed by atoms with E-state index in [9.17, 15) is 23.5 Å². The van der Waals surface area contributed by atoms with Gasteiger partial charge in [-0.15, -0.1) is 0 Å². The molecule has 3 rings (SSSR count). The number of oxazole rings is 1. The molecule has 0 saturated heterocycles. The second-order valence-electron chi connectivity index (χ2n) is 8.70. The van der Waals surface area contributed by atoms with Crippen molar-refractivity contribution in [3.8, 4) is 23.0 Å². The molecule has 180 valence electrons. The maximum absolute atomic E-state index is 12.8. The van der Waals surface area contributed by atoms with Gasteiger partial charge in [-0.05, 0) is 64.7 Å². The second kappa shape index (κ2) is 9.63. The highest BCUT2D eigenvalue weighted by atomic mass is 19.3. The van der Waals surface area contributed by atoms with E-state index in [2.05, 4.69) is 15.0 Å². The van der Waals surface area contributed by atoms with Crippen molar-refractivity contribution in [3.63, 3.8) is 0 Å². The van der Waals surface area contributed by atoms with Crippen molar-refractivity contribution >= 4 is 12.1 Å². The van der Waals surface area contributed by atoms with Gasteiger partial charge in [0.1, 0.15) is 5.60 Å². The fourth-order valence-corrected chi connectivity index (χ4v) is 2.89. The molecule has 1 fully saturated rings. The zero-order valence-corrected chi connectivity index (χ0v) is 18.7. The van der Waals surface area contributed by atoms with Crippen LogP contribution in [0.25, 0.3) is 11.5 Å². The zero-order chi connectivity index (χ0) is 24.3. The van der Waals surface area contributed by atoms with Crippen molar-refractivity contribution in [2.75, 3.05) is 6.61 Å². The Morgan fingerprint density at radius 1 is 1.27 bits per heavy atom. The number of hydrogen-bond acceptors (Lipinski definition) is 7. The number of benzene rings is 1. The molecule has 0 unspecified atom stereocenters. The largest absolute Gasteiger partial charge is 0.489 e. The zero-order valence-electron chi connectivity index (χ0n) is 18.7. The first-order valence-corrected chi connectivity index (χ1v) is 10.4. The Morgan fingerprint density at radius 2 is 1.97 bits per heavy atom. The van der Waals surface area contributed by atoms with Gasteiger partial charge in [0.2, 0.25) is 5.89 Å². The van der Waals surface area contributed by atoms with E-state index in [0.717, 1.165) is 12.8 Å². The second-order valence-corrected chi connectivity index (χ2v) is 8.70. The van der Waals surface area contributed by atoms with E-state index in [1.807, 2.05) is 0 Å². The van der Waals surface area contributed by atoms with Crippen molar-refractivity contribution in [1.29, 1.82) is 0 Å². The van der Waals surface area contributed by atoms with E-state index >= 15 is 0 Å². The van der Waals surface area contributed by atoms with E-state index in [1.165, 1.54) is 25.1 Å². The van der Waals surface area contributed by atoms with Gasteiger partial charge in [-0.2, -0.15) is 8.78 Å². The predicted octanol–water partition coefficient (Wildman–Crippen LogP) is 5.02. The Morgan fingerprint density at radius 3 is 2.55 bits per heavy atom. The number of rotatable bonds is 9. The molecule has 2 N–H and O–H groups in total. The molecule has 0 spiro atoms. The monoisotopic (exact) mass is 468 g/mol. The van der Waals surface area contributed by atoms with Crippen LogP contribution in [0.4, 0.5) is 13.6 Å². The van der Waals surface area contributed by atoms with Crippen molar-refractivity contribution in [1.82, 2.24) is 10.3 Å². The molecule has 1 aliphatic rings. The van der Waals surface area contributed by atoms with E-state index in [4.69, 9.17) is 13.9 Å². The molecule has 1 atom stereocenters. The van der Waals surface area contributed by atoms with Crippen LogP contribution in [0.5, 0.6) is 11.5 Å². The molecule has 11 heteroatoms. The number of amides is 1. The number of nitrogens with zero attached hydrogens (tertiary/aromatic N) is 1. The lowest BCUT2D eigenvalue weighted by Crippen LogP contribution is -2.34. The normalized spacial score (nSPS) is 14.6. The Kier molecular flexibility index (Phi) is 7.09. The molecule has 1 saturated carbocycles. The molecule has 2 aromatic rings. The minimum atomic E-state index is -3.04. The van der Waals surface area contributed by atoms with Gasteiger partial charge in [0.15, 0.2) is 23.0 Å². The van der Waals surface area contributed by atoms with Gasteiger partial charge in [0.05, 0.1) is 12.6 Å². The summed E-state index contributed by atoms with van der Waals surface area (Å²) in [4.78, 5) is 27.8. The first-order valence-electron chi connectivity index (χ1n) is 10.4. The summed E-state index contributed by atoms with van der Waals surface area (Å²) in [6.07, 6.45) is 1.24. The van der Waals surface area contributed by atoms with Gasteiger partial charge in [-0.25, -0.2) is 14.6 Å². The van der Waals surface area contributed by atoms with E-state index in [1.54, 1.807) is 20.8 Å². The van der Waals surface area contributed by atoms with Crippen molar-refractivity contribution in [3.05, 3.63) is 29.7 Å². The van der Waals surface area contributed by atoms with Crippen molar-refractivity contribution in [2.24, 2.45) is 5.92 Å². The molecule has 9 nitrogen and oxygen atoms in total. The number of hydrogen-bond donors (Lipinski definition) is 2. The van der Waals surface area contributed by atoms with Crippen LogP contribution in [0, 0.1) is 5.92 Å². The number of halogens is 2. The lowest BCUT2D eigenvalue weighted by molar-refractivity contribution is -0.0515. The molecule has 1 aliphatic carbocycles. The SMILES string of the molecule is C[C@H](NC(=O)OC(C)(C)C)c1oc(-c2ccc(OC(F)F)c(OCC3CC3)c2)nc1C(=O)O. The van der Waals surface area contributed by atoms with Crippen LogP contribution in [0.2, 0.25) is 0 Å². The molecule has 0 bridgehead atoms. The van der Waals surface area contributed by atoms with E-state index in [0.29, 0.717) is 18.1 Å². The topological polar surface area (TPSA) is 120 Å². The molecular weight excluding hydrogens is 442 g/mol. The van der Waals surface area contributed by atoms with Gasteiger partial charge >= 0.3 is 18.7 Å². The number of aromatic nitrogens is 1. The van der Waals surface area contributed by atoms with Gasteiger partial charge in [0.25, 0.3) is 0 Å². The smallest absolute Gasteiger partial charge is 0.408 e. The summed E-state index contributed by atoms with van der Waals surface area (Å²) < 4.78 is 46.5. The number of ether oxygens (including phenoxy) is 3. The minimum Gasteiger partial charge on any atom is -0.489 e. The minimum absolute atomic E-state index is 0.0660. The standard InChI is InChI=1S/C22H26F2N2O7/c1-11(25-21(29)33-22(2,3)4)17-16(19(27)28)26-18(32-17)13-7-8-14(31-20(23)24)15(9-13)30-10-12-5-6-12/h7-9,11-12,20H,5-6,10H2,1-4H3,(H,25,29)(H,27,28)/t11-/m0/s1. The number of carbonyl (C=O) groups excluding carboxylic acids is 1. The van der Waals surface area contributed by atoms with Gasteiger partial charge in [0, 0.05) is 5.56 Å². The Labute approximate surface area is 189 Å². The fourth-order valence-electron chi connectivity index (χ4n) is 2.89. The van der Waals surface area contributed by atoms with Crippen LogP contribution in [0.1, 0.15) is 62.8 Å². The highest BCUT2D eigenvalue weighted by Crippen LogP contribution is 2.37. The van der Waals surface area contributed by atoms with E-state index in [-0.39, 0.29) is 23.1 Å². The number of carbonyl (C=O) groups is 2. The third-order valence-electron chi connectivity index (χ3n) is 4.56. The number of alkyl halides is 2. The van der Waals surface area contributed by atoms with Gasteiger partial charge in [-0.1, -0.05) is 0 Å². The average molecular weight is 468 g/mol. The Bertz CT molecular complexity index is 1010. The summed E-state index contributed by atoms with van der Waals surface area (Å²) in [5.74, 6) is -1.27. The highest BCUT2D eigenvalue weighted by Gasteiger charge is 2.28. The Hall–Kier alpha value is -3.37. The summed E-state index contributed by atoms with van der Waals surface area (Å²) >= 11 is 0. The molecule has 1 amide bonds. The quantitative estimate of drug-likeness (QED) is 0.527. The van der Waals surface area contributed by atoms with Crippen LogP contribution in [0.15, 0.2) is 22.6 Å². The lowest BCUT2D eigenvalue weighted by Gasteiger charge is -2.21. The maximum Gasteiger partial charge on any atom is 0.408 e. The fraction of sp³-hybridized carbons (Fsp3) is 0.500. The van der Waals surface area contributed by atoms with E-state index < -0.39 is 36.0 Å². The van der Waals surface area contributed by atoms with Crippen molar-refractivity contribution < 1.29 is 42.1 Å². The average Bonchev–Trinajstić information content (AvgIpc) is 3.40. The molecule has 0 radical (unpaired) electrons. The molecule has 0 aliphatic heterocycles. The predicted molar refractivity (Wildman–Crippen MR) is 112 cm³/mol. The summed E-state index contributed by atoms with van der Waals surface area (Å²) in [6, 6.07) is 3.19. The summed E-state index contributed by atoms with van der Waals surface area (Å²) in [6.45, 7) is 3.90. The summed E-state index contributed by atoms with van der Waals surface area (Å²) in [5, 5.41) is 12.1. The van der Waals surface area contributed by atoms with Crippen LogP contribution >= 0.6 is 0 Å². The van der Waals surface area contributed by atoms with Gasteiger partial charge < -0.3 is 29.1 Å². The maximum atomic E-state index is 12.8. The van der Waals surface area contributed by atoms with Crippen LogP contribution < -0.4 is 14.8 Å². The van der Waals surface area contributed by atoms with Crippen LogP contribution in [0.3, 0.4) is 0 Å². The van der Waals surface area contributed by atoms with Crippen LogP contribution in [-0.4, -0.2) is 41.0 Å². The third-order valence-corrected chi connectivity index (χ3v) is 4.56. The first-order chi connectivity index (χ1) is 15.4. The molecule has 33 heavy (non-hydrogen) atoms. The van der Waals surface area contributed by atoms with Gasteiger partial charge in [-0.3, -0.25) is 0 Å². The molecule has 1 heterocycles. The summed E-state index contributed by atoms with van der Waals surface area (Å²) in [7, 11) is 0. The van der Waals surface area contributed by atoms with Crippen LogP contribution in [-0.2, 0) is 4.74 Å². The number of nitrogens with one attached hydrogen (secondary N) is 1. The summed E-state index contributed by atoms with van der Waals surface area (Å²) in [5.41, 5.74) is -0.854.